The molecule has 1 aromatic rings. The number of anilines is 1. The fraction of sp³-hybridized carbons (Fsp3) is 0.333. The molecular weight excluding hydrogens is 255 g/mol. The largest absolute Gasteiger partial charge is 0.480 e. The summed E-state index contributed by atoms with van der Waals surface area (Å²) in [4.78, 5) is 22.2. The molecule has 19 heavy (non-hydrogen) atoms. The zero-order chi connectivity index (χ0) is 14.4. The predicted molar refractivity (Wildman–Crippen MR) is 66.6 cm³/mol. The van der Waals surface area contributed by atoms with Crippen LogP contribution in [0.1, 0.15) is 5.56 Å². The van der Waals surface area contributed by atoms with Crippen LogP contribution >= 0.6 is 0 Å². The molecule has 0 atom stereocenters. The summed E-state index contributed by atoms with van der Waals surface area (Å²) in [7, 11) is 1.47. The molecule has 0 saturated heterocycles. The lowest BCUT2D eigenvalue weighted by molar-refractivity contribution is -0.136. The van der Waals surface area contributed by atoms with Gasteiger partial charge < -0.3 is 20.4 Å². The molecule has 0 aliphatic carbocycles. The summed E-state index contributed by atoms with van der Waals surface area (Å²) in [5.41, 5.74) is 0.840. The first kappa shape index (κ1) is 14.9. The Labute approximate surface area is 109 Å². The first-order valence-corrected chi connectivity index (χ1v) is 5.54. The van der Waals surface area contributed by atoms with Gasteiger partial charge in [-0.1, -0.05) is 6.07 Å². The normalized spacial score (nSPS) is 10.2. The number of aliphatic carboxylic acids is 2. The van der Waals surface area contributed by atoms with Crippen LogP contribution in [0.25, 0.3) is 0 Å². The summed E-state index contributed by atoms with van der Waals surface area (Å²) >= 11 is 0. The van der Waals surface area contributed by atoms with Crippen molar-refractivity contribution < 1.29 is 24.2 Å². The van der Waals surface area contributed by atoms with Crippen LogP contribution in [-0.2, 0) is 16.1 Å². The van der Waals surface area contributed by atoms with Crippen LogP contribution in [0.3, 0.4) is 0 Å². The summed E-state index contributed by atoms with van der Waals surface area (Å²) in [6.45, 7) is -0.249. The highest BCUT2D eigenvalue weighted by molar-refractivity contribution is 5.73. The molecule has 0 spiro atoms. The van der Waals surface area contributed by atoms with Crippen LogP contribution in [0.4, 0.5) is 10.1 Å². The monoisotopic (exact) mass is 270 g/mol. The van der Waals surface area contributed by atoms with E-state index in [1.54, 1.807) is 0 Å². The standard InChI is InChI=1S/C12H15FN2O4/c1-15(7-12(18)19)10-4-8(2-3-9(10)13)5-14-6-11(16)17/h2-4,14H,5-7H2,1H3,(H,16,17)(H,18,19). The van der Waals surface area contributed by atoms with Gasteiger partial charge in [-0.25, -0.2) is 4.39 Å². The number of rotatable bonds is 7. The van der Waals surface area contributed by atoms with Crippen LogP contribution in [0.2, 0.25) is 0 Å². The van der Waals surface area contributed by atoms with Gasteiger partial charge >= 0.3 is 11.9 Å². The Morgan fingerprint density at radius 3 is 2.58 bits per heavy atom. The molecule has 7 heteroatoms. The van der Waals surface area contributed by atoms with Crippen LogP contribution in [0.15, 0.2) is 18.2 Å². The molecule has 0 fully saturated rings. The molecule has 0 aromatic heterocycles. The van der Waals surface area contributed by atoms with Gasteiger partial charge in [-0.05, 0) is 17.7 Å². The Morgan fingerprint density at radius 1 is 1.32 bits per heavy atom. The van der Waals surface area contributed by atoms with Gasteiger partial charge in [0.2, 0.25) is 0 Å². The number of nitrogens with one attached hydrogen (secondary N) is 1. The molecule has 0 aliphatic rings. The zero-order valence-electron chi connectivity index (χ0n) is 10.4. The first-order chi connectivity index (χ1) is 8.90. The second-order valence-corrected chi connectivity index (χ2v) is 4.03. The summed E-state index contributed by atoms with van der Waals surface area (Å²) in [6, 6.07) is 4.24. The number of hydrogen-bond acceptors (Lipinski definition) is 4. The van der Waals surface area contributed by atoms with E-state index in [4.69, 9.17) is 10.2 Å². The van der Waals surface area contributed by atoms with Gasteiger partial charge in [-0.2, -0.15) is 0 Å². The van der Waals surface area contributed by atoms with Crippen molar-refractivity contribution in [1.82, 2.24) is 5.32 Å². The summed E-state index contributed by atoms with van der Waals surface area (Å²) in [6.07, 6.45) is 0. The molecule has 0 saturated carbocycles. The van der Waals surface area contributed by atoms with Crippen LogP contribution in [-0.4, -0.2) is 42.3 Å². The van der Waals surface area contributed by atoms with Crippen molar-refractivity contribution in [2.24, 2.45) is 0 Å². The maximum Gasteiger partial charge on any atom is 0.323 e. The predicted octanol–water partition coefficient (Wildman–Crippen LogP) is 0.521. The number of carboxylic acid groups (broad SMARTS) is 2. The van der Waals surface area contributed by atoms with E-state index in [9.17, 15) is 14.0 Å². The van der Waals surface area contributed by atoms with E-state index in [0.717, 1.165) is 0 Å². The summed E-state index contributed by atoms with van der Waals surface area (Å²) in [5, 5.41) is 19.8. The highest BCUT2D eigenvalue weighted by Crippen LogP contribution is 2.19. The van der Waals surface area contributed by atoms with Crippen molar-refractivity contribution in [3.05, 3.63) is 29.6 Å². The van der Waals surface area contributed by atoms with Crippen molar-refractivity contribution in [1.29, 1.82) is 0 Å². The summed E-state index contributed by atoms with van der Waals surface area (Å²) in [5.74, 6) is -2.56. The minimum Gasteiger partial charge on any atom is -0.480 e. The smallest absolute Gasteiger partial charge is 0.323 e. The Balaban J connectivity index is 2.76. The number of hydrogen-bond donors (Lipinski definition) is 3. The lowest BCUT2D eigenvalue weighted by atomic mass is 10.1. The second kappa shape index (κ2) is 6.69. The quantitative estimate of drug-likeness (QED) is 0.669. The highest BCUT2D eigenvalue weighted by atomic mass is 19.1. The van der Waals surface area contributed by atoms with Crippen molar-refractivity contribution in [3.8, 4) is 0 Å². The van der Waals surface area contributed by atoms with Crippen molar-refractivity contribution in [2.75, 3.05) is 25.0 Å². The van der Waals surface area contributed by atoms with Crippen LogP contribution < -0.4 is 10.2 Å². The molecule has 6 nitrogen and oxygen atoms in total. The Morgan fingerprint density at radius 2 is 2.00 bits per heavy atom. The third-order valence-electron chi connectivity index (χ3n) is 2.40. The van der Waals surface area contributed by atoms with Crippen molar-refractivity contribution in [2.45, 2.75) is 6.54 Å². The highest BCUT2D eigenvalue weighted by Gasteiger charge is 2.11. The van der Waals surface area contributed by atoms with E-state index in [1.807, 2.05) is 0 Å². The molecule has 3 N–H and O–H groups in total. The average molecular weight is 270 g/mol. The molecule has 1 rings (SSSR count). The van der Waals surface area contributed by atoms with Gasteiger partial charge in [-0.15, -0.1) is 0 Å². The zero-order valence-corrected chi connectivity index (χ0v) is 10.4. The lowest BCUT2D eigenvalue weighted by Gasteiger charge is -2.18. The second-order valence-electron chi connectivity index (χ2n) is 4.03. The Kier molecular flexibility index (Phi) is 5.25. The Bertz CT molecular complexity index is 479. The molecule has 104 valence electrons. The van der Waals surface area contributed by atoms with E-state index >= 15 is 0 Å². The number of halogens is 1. The minimum absolute atomic E-state index is 0.164. The van der Waals surface area contributed by atoms with Crippen molar-refractivity contribution in [3.63, 3.8) is 0 Å². The summed E-state index contributed by atoms with van der Waals surface area (Å²) < 4.78 is 13.6. The maximum atomic E-state index is 13.6. The molecule has 0 amide bonds. The van der Waals surface area contributed by atoms with E-state index in [-0.39, 0.29) is 25.3 Å². The van der Waals surface area contributed by atoms with Crippen molar-refractivity contribution >= 4 is 17.6 Å². The third kappa shape index (κ3) is 4.92. The topological polar surface area (TPSA) is 89.9 Å². The number of carbonyl (C=O) groups is 2. The third-order valence-corrected chi connectivity index (χ3v) is 2.40. The van der Waals surface area contributed by atoms with E-state index in [1.165, 1.54) is 30.1 Å². The molecule has 0 radical (unpaired) electrons. The van der Waals surface area contributed by atoms with E-state index < -0.39 is 17.8 Å². The van der Waals surface area contributed by atoms with Gasteiger partial charge in [-0.3, -0.25) is 9.59 Å². The number of benzene rings is 1. The van der Waals surface area contributed by atoms with E-state index in [2.05, 4.69) is 5.32 Å². The Hall–Kier alpha value is -2.15. The molecule has 0 aliphatic heterocycles. The van der Waals surface area contributed by atoms with Gasteiger partial charge in [0.25, 0.3) is 0 Å². The fourth-order valence-corrected chi connectivity index (χ4v) is 1.56. The molecule has 0 heterocycles. The number of carboxylic acids is 2. The maximum absolute atomic E-state index is 13.6. The van der Waals surface area contributed by atoms with E-state index in [0.29, 0.717) is 5.56 Å². The van der Waals surface area contributed by atoms with Gasteiger partial charge in [0.15, 0.2) is 0 Å². The fourth-order valence-electron chi connectivity index (χ4n) is 1.56. The minimum atomic E-state index is -1.06. The molecular formula is C12H15FN2O4. The van der Waals surface area contributed by atoms with Crippen LogP contribution in [0.5, 0.6) is 0 Å². The lowest BCUT2D eigenvalue weighted by Crippen LogP contribution is -2.26. The first-order valence-electron chi connectivity index (χ1n) is 5.54. The number of nitrogens with zero attached hydrogens (tertiary/aromatic N) is 1. The molecule has 0 unspecified atom stereocenters. The molecule has 1 aromatic carbocycles. The van der Waals surface area contributed by atoms with Gasteiger partial charge in [0, 0.05) is 13.6 Å². The van der Waals surface area contributed by atoms with Crippen LogP contribution in [0, 0.1) is 5.82 Å². The van der Waals surface area contributed by atoms with Gasteiger partial charge in [0.1, 0.15) is 12.4 Å². The average Bonchev–Trinajstić information content (AvgIpc) is 2.29. The van der Waals surface area contributed by atoms with Gasteiger partial charge in [0.05, 0.1) is 12.2 Å². The number of likely N-dealkylation sites (N-methyl/N-ethyl adjacent to an activating group) is 1. The SMILES string of the molecule is CN(CC(=O)O)c1cc(CNCC(=O)O)ccc1F. The molecule has 0 bridgehead atoms.